The van der Waals surface area contributed by atoms with E-state index in [4.69, 9.17) is 4.74 Å². The van der Waals surface area contributed by atoms with Gasteiger partial charge in [-0.1, -0.05) is 18.7 Å². The molecule has 1 N–H and O–H groups in total. The predicted molar refractivity (Wildman–Crippen MR) is 68.6 cm³/mol. The molecule has 0 bridgehead atoms. The summed E-state index contributed by atoms with van der Waals surface area (Å²) in [4.78, 5) is 11.2. The molecule has 6 heteroatoms. The van der Waals surface area contributed by atoms with Crippen molar-refractivity contribution in [1.82, 2.24) is 4.72 Å². The van der Waals surface area contributed by atoms with Crippen LogP contribution in [0.5, 0.6) is 5.75 Å². The number of benzene rings is 1. The van der Waals surface area contributed by atoms with E-state index in [2.05, 4.69) is 11.3 Å². The highest BCUT2D eigenvalue weighted by Gasteiger charge is 2.05. The molecule has 1 aromatic rings. The maximum Gasteiger partial charge on any atom is 0.338 e. The van der Waals surface area contributed by atoms with Crippen molar-refractivity contribution in [2.24, 2.45) is 0 Å². The van der Waals surface area contributed by atoms with Crippen molar-refractivity contribution in [1.29, 1.82) is 0 Å². The third kappa shape index (κ3) is 5.11. The molecule has 0 aliphatic carbocycles. The summed E-state index contributed by atoms with van der Waals surface area (Å²) in [5, 5.41) is 0. The number of rotatable bonds is 5. The molecule has 1 aromatic carbocycles. The summed E-state index contributed by atoms with van der Waals surface area (Å²) in [7, 11) is -3.21. The lowest BCUT2D eigenvalue weighted by Crippen LogP contribution is -2.21. The van der Waals surface area contributed by atoms with Gasteiger partial charge in [0.15, 0.2) is 0 Å². The van der Waals surface area contributed by atoms with Crippen molar-refractivity contribution in [2.45, 2.75) is 13.5 Å². The van der Waals surface area contributed by atoms with Gasteiger partial charge in [0.2, 0.25) is 10.0 Å². The molecule has 0 saturated carbocycles. The molecule has 0 aliphatic rings. The fourth-order valence-electron chi connectivity index (χ4n) is 1.08. The van der Waals surface area contributed by atoms with Gasteiger partial charge in [-0.05, 0) is 24.6 Å². The van der Waals surface area contributed by atoms with Crippen LogP contribution in [-0.2, 0) is 21.4 Å². The highest BCUT2D eigenvalue weighted by molar-refractivity contribution is 7.88. The van der Waals surface area contributed by atoms with Crippen LogP contribution >= 0.6 is 0 Å². The third-order valence-electron chi connectivity index (χ3n) is 2.02. The standard InChI is InChI=1S/C12H15NO4S/c1-9(2)12(14)17-11-6-4-10(5-7-11)8-13-18(3,15)16/h4-7,13H,1,8H2,2-3H3. The minimum absolute atomic E-state index is 0.202. The number of hydrogen-bond acceptors (Lipinski definition) is 4. The van der Waals surface area contributed by atoms with Crippen molar-refractivity contribution >= 4 is 16.0 Å². The van der Waals surface area contributed by atoms with Gasteiger partial charge in [-0.3, -0.25) is 0 Å². The molecule has 0 atom stereocenters. The van der Waals surface area contributed by atoms with E-state index in [1.807, 2.05) is 0 Å². The predicted octanol–water partition coefficient (Wildman–Crippen LogP) is 1.22. The van der Waals surface area contributed by atoms with Crippen molar-refractivity contribution in [2.75, 3.05) is 6.26 Å². The van der Waals surface area contributed by atoms with Crippen molar-refractivity contribution < 1.29 is 17.9 Å². The fourth-order valence-corrected chi connectivity index (χ4v) is 1.51. The van der Waals surface area contributed by atoms with Gasteiger partial charge in [0.25, 0.3) is 0 Å². The molecule has 0 aromatic heterocycles. The summed E-state index contributed by atoms with van der Waals surface area (Å²) in [6.07, 6.45) is 1.09. The van der Waals surface area contributed by atoms with E-state index < -0.39 is 16.0 Å². The lowest BCUT2D eigenvalue weighted by Gasteiger charge is -2.05. The molecular weight excluding hydrogens is 254 g/mol. The molecule has 0 spiro atoms. The highest BCUT2D eigenvalue weighted by Crippen LogP contribution is 2.13. The smallest absolute Gasteiger partial charge is 0.338 e. The molecule has 98 valence electrons. The Kier molecular flexibility index (Phi) is 4.63. The molecule has 0 heterocycles. The van der Waals surface area contributed by atoms with Gasteiger partial charge < -0.3 is 4.74 Å². The van der Waals surface area contributed by atoms with Crippen LogP contribution in [0.15, 0.2) is 36.4 Å². The van der Waals surface area contributed by atoms with E-state index in [0.717, 1.165) is 11.8 Å². The second kappa shape index (κ2) is 5.79. The maximum atomic E-state index is 11.2. The van der Waals surface area contributed by atoms with E-state index in [-0.39, 0.29) is 6.54 Å². The topological polar surface area (TPSA) is 72.5 Å². The first kappa shape index (κ1) is 14.4. The molecule has 5 nitrogen and oxygen atoms in total. The van der Waals surface area contributed by atoms with E-state index >= 15 is 0 Å². The number of nitrogens with one attached hydrogen (secondary N) is 1. The zero-order chi connectivity index (χ0) is 13.8. The van der Waals surface area contributed by atoms with Crippen LogP contribution in [0, 0.1) is 0 Å². The van der Waals surface area contributed by atoms with Gasteiger partial charge >= 0.3 is 5.97 Å². The molecule has 1 rings (SSSR count). The Balaban J connectivity index is 2.63. The van der Waals surface area contributed by atoms with Crippen molar-refractivity contribution in [3.8, 4) is 5.75 Å². The third-order valence-corrected chi connectivity index (χ3v) is 2.69. The van der Waals surface area contributed by atoms with Gasteiger partial charge in [-0.15, -0.1) is 0 Å². The first-order valence-corrected chi connectivity index (χ1v) is 7.08. The second-order valence-electron chi connectivity index (χ2n) is 3.91. The normalized spacial score (nSPS) is 11.0. The lowest BCUT2D eigenvalue weighted by molar-refractivity contribution is -0.130. The fraction of sp³-hybridized carbons (Fsp3) is 0.250. The van der Waals surface area contributed by atoms with Crippen LogP contribution in [0.1, 0.15) is 12.5 Å². The zero-order valence-electron chi connectivity index (χ0n) is 10.3. The molecule has 0 aliphatic heterocycles. The Morgan fingerprint density at radius 1 is 1.33 bits per heavy atom. The van der Waals surface area contributed by atoms with Crippen LogP contribution in [0.4, 0.5) is 0 Å². The summed E-state index contributed by atoms with van der Waals surface area (Å²) in [6.45, 7) is 5.24. The first-order valence-electron chi connectivity index (χ1n) is 5.19. The number of esters is 1. The average molecular weight is 269 g/mol. The number of carbonyl (C=O) groups excluding carboxylic acids is 1. The van der Waals surface area contributed by atoms with Gasteiger partial charge in [0.1, 0.15) is 5.75 Å². The highest BCUT2D eigenvalue weighted by atomic mass is 32.2. The largest absolute Gasteiger partial charge is 0.423 e. The summed E-state index contributed by atoms with van der Waals surface area (Å²) < 4.78 is 29.2. The van der Waals surface area contributed by atoms with Gasteiger partial charge in [-0.25, -0.2) is 17.9 Å². The van der Waals surface area contributed by atoms with E-state index in [1.54, 1.807) is 31.2 Å². The Morgan fingerprint density at radius 3 is 2.33 bits per heavy atom. The van der Waals surface area contributed by atoms with E-state index in [1.165, 1.54) is 0 Å². The van der Waals surface area contributed by atoms with Crippen molar-refractivity contribution in [3.05, 3.63) is 42.0 Å². The minimum Gasteiger partial charge on any atom is -0.423 e. The number of carbonyl (C=O) groups is 1. The van der Waals surface area contributed by atoms with E-state index in [9.17, 15) is 13.2 Å². The maximum absolute atomic E-state index is 11.2. The molecular formula is C12H15NO4S. The van der Waals surface area contributed by atoms with Crippen LogP contribution in [-0.4, -0.2) is 20.6 Å². The summed E-state index contributed by atoms with van der Waals surface area (Å²) >= 11 is 0. The minimum atomic E-state index is -3.21. The van der Waals surface area contributed by atoms with Crippen LogP contribution in [0.3, 0.4) is 0 Å². The molecule has 0 unspecified atom stereocenters. The molecule has 0 amide bonds. The van der Waals surface area contributed by atoms with Crippen LogP contribution < -0.4 is 9.46 Å². The number of ether oxygens (including phenoxy) is 1. The Hall–Kier alpha value is -1.66. The average Bonchev–Trinajstić information content (AvgIpc) is 2.27. The Bertz CT molecular complexity index is 546. The Labute approximate surface area is 107 Å². The van der Waals surface area contributed by atoms with Crippen LogP contribution in [0.2, 0.25) is 0 Å². The Morgan fingerprint density at radius 2 is 1.89 bits per heavy atom. The second-order valence-corrected chi connectivity index (χ2v) is 5.74. The van der Waals surface area contributed by atoms with Gasteiger partial charge in [-0.2, -0.15) is 0 Å². The number of sulfonamides is 1. The van der Waals surface area contributed by atoms with Gasteiger partial charge in [0, 0.05) is 12.1 Å². The first-order chi connectivity index (χ1) is 8.28. The quantitative estimate of drug-likeness (QED) is 0.495. The van der Waals surface area contributed by atoms with Gasteiger partial charge in [0.05, 0.1) is 6.26 Å². The molecule has 0 saturated heterocycles. The van der Waals surface area contributed by atoms with E-state index in [0.29, 0.717) is 11.3 Å². The molecule has 0 fully saturated rings. The lowest BCUT2D eigenvalue weighted by atomic mass is 10.2. The monoisotopic (exact) mass is 269 g/mol. The molecule has 0 radical (unpaired) electrons. The summed E-state index contributed by atoms with van der Waals surface area (Å²) in [5.74, 6) is -0.0943. The zero-order valence-corrected chi connectivity index (χ0v) is 11.1. The number of hydrogen-bond donors (Lipinski definition) is 1. The summed E-state index contributed by atoms with van der Waals surface area (Å²) in [6, 6.07) is 6.55. The van der Waals surface area contributed by atoms with Crippen LogP contribution in [0.25, 0.3) is 0 Å². The SMILES string of the molecule is C=C(C)C(=O)Oc1ccc(CNS(C)(=O)=O)cc1. The summed E-state index contributed by atoms with van der Waals surface area (Å²) in [5.41, 5.74) is 1.09. The molecule has 18 heavy (non-hydrogen) atoms. The van der Waals surface area contributed by atoms with Crippen molar-refractivity contribution in [3.63, 3.8) is 0 Å².